The summed E-state index contributed by atoms with van der Waals surface area (Å²) >= 11 is 5.19. The predicted octanol–water partition coefficient (Wildman–Crippen LogP) is 1.81. The summed E-state index contributed by atoms with van der Waals surface area (Å²) in [6.45, 7) is 3.87. The van der Waals surface area contributed by atoms with Crippen molar-refractivity contribution in [2.45, 2.75) is 25.0 Å². The van der Waals surface area contributed by atoms with E-state index >= 15 is 0 Å². The summed E-state index contributed by atoms with van der Waals surface area (Å²) in [4.78, 5) is 0.219. The van der Waals surface area contributed by atoms with E-state index in [1.807, 2.05) is 31.2 Å². The predicted molar refractivity (Wildman–Crippen MR) is 88.3 cm³/mol. The molecule has 0 unspecified atom stereocenters. The molecule has 3 atom stereocenters. The number of methoxy groups -OCH3 is 1. The molecule has 6 heteroatoms. The van der Waals surface area contributed by atoms with Crippen LogP contribution < -0.4 is 5.73 Å². The Morgan fingerprint density at radius 1 is 1.38 bits per heavy atom. The van der Waals surface area contributed by atoms with Gasteiger partial charge in [0.15, 0.2) is 9.84 Å². The average Bonchev–Trinajstić information content (AvgIpc) is 3.11. The van der Waals surface area contributed by atoms with E-state index < -0.39 is 20.5 Å². The molecule has 0 bridgehead atoms. The molecule has 0 amide bonds. The molecule has 4 nitrogen and oxygen atoms in total. The number of ether oxygens (including phenoxy) is 1. The van der Waals surface area contributed by atoms with Gasteiger partial charge in [0.25, 0.3) is 0 Å². The number of aryl methyl sites for hydroxylation is 1. The minimum Gasteiger partial charge on any atom is -0.393 e. The number of hydrogen-bond acceptors (Lipinski definition) is 4. The lowest BCUT2D eigenvalue weighted by Crippen LogP contribution is -2.33. The molecule has 1 fully saturated rings. The molecular weight excluding hydrogens is 306 g/mol. The van der Waals surface area contributed by atoms with Gasteiger partial charge in [0, 0.05) is 18.8 Å². The van der Waals surface area contributed by atoms with Crippen molar-refractivity contribution in [1.82, 2.24) is 0 Å². The summed E-state index contributed by atoms with van der Waals surface area (Å²) in [5, 5.41) is -0.588. The van der Waals surface area contributed by atoms with Crippen LogP contribution >= 0.6 is 12.2 Å². The molecule has 0 saturated heterocycles. The second-order valence-corrected chi connectivity index (χ2v) is 8.45. The third-order valence-electron chi connectivity index (χ3n) is 4.32. The van der Waals surface area contributed by atoms with Gasteiger partial charge in [-0.05, 0) is 12.5 Å². The molecule has 1 aromatic rings. The normalized spacial score (nSPS) is 28.3. The lowest BCUT2D eigenvalue weighted by Gasteiger charge is -2.15. The van der Waals surface area contributed by atoms with Gasteiger partial charge in [-0.2, -0.15) is 0 Å². The molecule has 0 spiro atoms. The zero-order valence-corrected chi connectivity index (χ0v) is 14.1. The third kappa shape index (κ3) is 2.60. The monoisotopic (exact) mass is 327 g/mol. The van der Waals surface area contributed by atoms with Gasteiger partial charge in [-0.3, -0.25) is 0 Å². The van der Waals surface area contributed by atoms with Crippen LogP contribution in [0, 0.1) is 12.3 Å². The van der Waals surface area contributed by atoms with Crippen LogP contribution in [0.5, 0.6) is 0 Å². The Balaban J connectivity index is 2.51. The Labute approximate surface area is 131 Å². The van der Waals surface area contributed by atoms with Crippen molar-refractivity contribution in [1.29, 1.82) is 0 Å². The Hall–Kier alpha value is -0.980. The average molecular weight is 327 g/mol. The molecule has 0 aromatic heterocycles. The Morgan fingerprint density at radius 3 is 2.38 bits per heavy atom. The summed E-state index contributed by atoms with van der Waals surface area (Å²) in [5.74, 6) is -0.144. The zero-order valence-electron chi connectivity index (χ0n) is 12.5. The minimum atomic E-state index is -3.25. The van der Waals surface area contributed by atoms with Crippen molar-refractivity contribution < 1.29 is 13.2 Å². The quantitative estimate of drug-likeness (QED) is 0.807. The van der Waals surface area contributed by atoms with E-state index in [9.17, 15) is 8.42 Å². The molecule has 1 aliphatic carbocycles. The maximum atomic E-state index is 12.4. The van der Waals surface area contributed by atoms with Crippen molar-refractivity contribution in [2.24, 2.45) is 11.1 Å². The SMILES string of the molecule is CCS(=O)(=O)[C@H]1[C@H](c2ccc(C)cc2)[C@@]1(COC)C(N)=S. The van der Waals surface area contributed by atoms with Crippen LogP contribution in [0.25, 0.3) is 0 Å². The van der Waals surface area contributed by atoms with Crippen LogP contribution in [0.2, 0.25) is 0 Å². The molecule has 0 radical (unpaired) electrons. The number of thiocarbonyl (C=S) groups is 1. The van der Waals surface area contributed by atoms with Gasteiger partial charge in [0.2, 0.25) is 0 Å². The highest BCUT2D eigenvalue weighted by Gasteiger charge is 2.72. The molecule has 1 aromatic carbocycles. The first kappa shape index (κ1) is 16.4. The van der Waals surface area contributed by atoms with Gasteiger partial charge in [-0.25, -0.2) is 8.42 Å². The van der Waals surface area contributed by atoms with Crippen molar-refractivity contribution in [3.05, 3.63) is 35.4 Å². The second-order valence-electron chi connectivity index (χ2n) is 5.60. The van der Waals surface area contributed by atoms with Gasteiger partial charge in [0.05, 0.1) is 22.3 Å². The second kappa shape index (κ2) is 5.66. The van der Waals surface area contributed by atoms with Gasteiger partial charge in [-0.15, -0.1) is 0 Å². The van der Waals surface area contributed by atoms with E-state index in [1.54, 1.807) is 14.0 Å². The van der Waals surface area contributed by atoms with E-state index in [0.717, 1.165) is 11.1 Å². The van der Waals surface area contributed by atoms with Crippen molar-refractivity contribution in [3.63, 3.8) is 0 Å². The minimum absolute atomic E-state index is 0.0775. The third-order valence-corrected chi connectivity index (χ3v) is 6.98. The molecule has 2 N–H and O–H groups in total. The fraction of sp³-hybridized carbons (Fsp3) is 0.533. The molecule has 2 rings (SSSR count). The lowest BCUT2D eigenvalue weighted by molar-refractivity contribution is 0.166. The molecule has 0 heterocycles. The lowest BCUT2D eigenvalue weighted by atomic mass is 9.99. The maximum absolute atomic E-state index is 12.4. The van der Waals surface area contributed by atoms with Crippen molar-refractivity contribution >= 4 is 27.0 Å². The Morgan fingerprint density at radius 2 is 1.95 bits per heavy atom. The molecule has 116 valence electrons. The Bertz CT molecular complexity index is 639. The van der Waals surface area contributed by atoms with Crippen LogP contribution in [0.1, 0.15) is 24.0 Å². The van der Waals surface area contributed by atoms with Crippen molar-refractivity contribution in [3.8, 4) is 0 Å². The standard InChI is InChI=1S/C15H21NO3S2/c1-4-21(17,18)13-12(11-7-5-10(2)6-8-11)15(13,9-19-3)14(16)20/h5-8,12-13H,4,9H2,1-3H3,(H2,16,20)/t12-,13-,15+/m0/s1. The van der Waals surface area contributed by atoms with Gasteiger partial charge < -0.3 is 10.5 Å². The number of benzene rings is 1. The molecule has 0 aliphatic heterocycles. The topological polar surface area (TPSA) is 69.4 Å². The summed E-state index contributed by atoms with van der Waals surface area (Å²) in [7, 11) is -1.71. The molecule has 1 aliphatic rings. The van der Waals surface area contributed by atoms with Gasteiger partial charge in [0.1, 0.15) is 0 Å². The fourth-order valence-electron chi connectivity index (χ4n) is 3.13. The summed E-state index contributed by atoms with van der Waals surface area (Å²) < 4.78 is 30.1. The first-order valence-corrected chi connectivity index (χ1v) is 9.00. The van der Waals surface area contributed by atoms with E-state index in [2.05, 4.69) is 0 Å². The van der Waals surface area contributed by atoms with Gasteiger partial charge in [-0.1, -0.05) is 49.0 Å². The first-order chi connectivity index (χ1) is 9.81. The van der Waals surface area contributed by atoms with Crippen LogP contribution in [-0.2, 0) is 14.6 Å². The zero-order chi connectivity index (χ0) is 15.8. The number of sulfone groups is 1. The number of nitrogens with two attached hydrogens (primary N) is 1. The molecular formula is C15H21NO3S2. The smallest absolute Gasteiger partial charge is 0.154 e. The van der Waals surface area contributed by atoms with Crippen LogP contribution in [0.3, 0.4) is 0 Å². The van der Waals surface area contributed by atoms with Gasteiger partial charge >= 0.3 is 0 Å². The highest BCUT2D eigenvalue weighted by molar-refractivity contribution is 7.92. The first-order valence-electron chi connectivity index (χ1n) is 6.88. The van der Waals surface area contributed by atoms with E-state index in [1.165, 1.54) is 0 Å². The van der Waals surface area contributed by atoms with Crippen LogP contribution in [0.4, 0.5) is 0 Å². The highest BCUT2D eigenvalue weighted by Crippen LogP contribution is 2.63. The van der Waals surface area contributed by atoms with Crippen LogP contribution in [0.15, 0.2) is 24.3 Å². The molecule has 1 saturated carbocycles. The summed E-state index contributed by atoms with van der Waals surface area (Å²) in [5.41, 5.74) is 7.20. The fourth-order valence-corrected chi connectivity index (χ4v) is 5.60. The Kier molecular flexibility index (Phi) is 4.42. The van der Waals surface area contributed by atoms with Crippen LogP contribution in [-0.4, -0.2) is 38.1 Å². The molecule has 21 heavy (non-hydrogen) atoms. The summed E-state index contributed by atoms with van der Waals surface area (Å²) in [6.07, 6.45) is 0. The van der Waals surface area contributed by atoms with E-state index in [4.69, 9.17) is 22.7 Å². The van der Waals surface area contributed by atoms with E-state index in [-0.39, 0.29) is 23.3 Å². The highest BCUT2D eigenvalue weighted by atomic mass is 32.2. The summed E-state index contributed by atoms with van der Waals surface area (Å²) in [6, 6.07) is 7.85. The van der Waals surface area contributed by atoms with Crippen molar-refractivity contribution in [2.75, 3.05) is 19.5 Å². The van der Waals surface area contributed by atoms with E-state index in [0.29, 0.717) is 0 Å². The largest absolute Gasteiger partial charge is 0.393 e. The number of rotatable bonds is 6. The number of hydrogen-bond donors (Lipinski definition) is 1. The maximum Gasteiger partial charge on any atom is 0.154 e.